The Morgan fingerprint density at radius 1 is 1.18 bits per heavy atom. The predicted molar refractivity (Wildman–Crippen MR) is 66.0 cm³/mol. The van der Waals surface area contributed by atoms with E-state index in [-0.39, 0.29) is 0 Å². The molecule has 0 atom stereocenters. The van der Waals surface area contributed by atoms with Gasteiger partial charge >= 0.3 is 0 Å². The molecule has 94 valence electrons. The van der Waals surface area contributed by atoms with Crippen molar-refractivity contribution in [3.05, 3.63) is 18.2 Å². The summed E-state index contributed by atoms with van der Waals surface area (Å²) in [6.07, 6.45) is 3.48. The van der Waals surface area contributed by atoms with Crippen LogP contribution in [0.15, 0.2) is 12.4 Å². The highest BCUT2D eigenvalue weighted by Gasteiger charge is 2.16. The molecule has 0 saturated carbocycles. The Bertz CT molecular complexity index is 346. The van der Waals surface area contributed by atoms with Crippen molar-refractivity contribution in [3.63, 3.8) is 0 Å². The van der Waals surface area contributed by atoms with E-state index in [0.717, 1.165) is 39.1 Å². The van der Waals surface area contributed by atoms with Gasteiger partial charge in [0.2, 0.25) is 5.95 Å². The predicted octanol–water partition coefficient (Wildman–Crippen LogP) is 1.37. The van der Waals surface area contributed by atoms with Crippen molar-refractivity contribution >= 4 is 17.5 Å². The van der Waals surface area contributed by atoms with E-state index in [9.17, 15) is 4.39 Å². The molecule has 0 unspecified atom stereocenters. The third-order valence-electron chi connectivity index (χ3n) is 2.88. The summed E-state index contributed by atoms with van der Waals surface area (Å²) in [6.45, 7) is 4.69. The number of hydrogen-bond acceptors (Lipinski definition) is 4. The van der Waals surface area contributed by atoms with Gasteiger partial charge in [-0.25, -0.2) is 14.4 Å². The molecule has 1 aliphatic rings. The molecule has 2 rings (SSSR count). The van der Waals surface area contributed by atoms with Crippen molar-refractivity contribution < 1.29 is 4.39 Å². The Balaban J connectivity index is 1.96. The second-order valence-corrected chi connectivity index (χ2v) is 4.45. The largest absolute Gasteiger partial charge is 0.339 e. The summed E-state index contributed by atoms with van der Waals surface area (Å²) in [7, 11) is 0. The van der Waals surface area contributed by atoms with Gasteiger partial charge < -0.3 is 9.80 Å². The van der Waals surface area contributed by atoms with E-state index in [1.807, 2.05) is 0 Å². The van der Waals surface area contributed by atoms with Crippen LogP contribution in [0.4, 0.5) is 10.3 Å². The highest BCUT2D eigenvalue weighted by molar-refractivity contribution is 6.18. The molecule has 4 nitrogen and oxygen atoms in total. The lowest BCUT2D eigenvalue weighted by Crippen LogP contribution is -2.32. The van der Waals surface area contributed by atoms with Gasteiger partial charge in [-0.3, -0.25) is 0 Å². The number of aromatic nitrogens is 2. The maximum Gasteiger partial charge on any atom is 0.225 e. The monoisotopic (exact) mass is 258 g/mol. The Kier molecular flexibility index (Phi) is 4.50. The van der Waals surface area contributed by atoms with Crippen LogP contribution in [0, 0.1) is 5.82 Å². The van der Waals surface area contributed by atoms with Crippen molar-refractivity contribution in [3.8, 4) is 0 Å². The molecular formula is C11H16ClFN4. The fraction of sp³-hybridized carbons (Fsp3) is 0.636. The molecule has 1 saturated heterocycles. The molecule has 6 heteroatoms. The van der Waals surface area contributed by atoms with Gasteiger partial charge in [0, 0.05) is 32.1 Å². The molecule has 1 aliphatic heterocycles. The van der Waals surface area contributed by atoms with E-state index in [4.69, 9.17) is 11.6 Å². The van der Waals surface area contributed by atoms with E-state index in [1.54, 1.807) is 0 Å². The van der Waals surface area contributed by atoms with Gasteiger partial charge in [-0.05, 0) is 13.0 Å². The van der Waals surface area contributed by atoms with Crippen LogP contribution >= 0.6 is 11.6 Å². The van der Waals surface area contributed by atoms with Crippen molar-refractivity contribution in [1.82, 2.24) is 14.9 Å². The Labute approximate surface area is 105 Å². The number of halogens is 2. The third-order valence-corrected chi connectivity index (χ3v) is 3.05. The van der Waals surface area contributed by atoms with E-state index >= 15 is 0 Å². The minimum absolute atomic E-state index is 0.396. The van der Waals surface area contributed by atoms with Crippen molar-refractivity contribution in [2.45, 2.75) is 6.42 Å². The first-order valence-corrected chi connectivity index (χ1v) is 6.34. The summed E-state index contributed by atoms with van der Waals surface area (Å²) in [5, 5.41) is 0. The van der Waals surface area contributed by atoms with Crippen LogP contribution in [-0.2, 0) is 0 Å². The second-order valence-electron chi connectivity index (χ2n) is 4.07. The van der Waals surface area contributed by atoms with Gasteiger partial charge in [0.1, 0.15) is 0 Å². The van der Waals surface area contributed by atoms with Gasteiger partial charge in [-0.1, -0.05) is 0 Å². The second kappa shape index (κ2) is 6.12. The van der Waals surface area contributed by atoms with Gasteiger partial charge in [0.25, 0.3) is 0 Å². The lowest BCUT2D eigenvalue weighted by molar-refractivity contribution is 0.311. The molecule has 0 N–H and O–H groups in total. The van der Waals surface area contributed by atoms with Gasteiger partial charge in [-0.15, -0.1) is 11.6 Å². The molecule has 1 fully saturated rings. The highest BCUT2D eigenvalue weighted by atomic mass is 35.5. The van der Waals surface area contributed by atoms with Crippen LogP contribution in [0.1, 0.15) is 6.42 Å². The molecule has 0 bridgehead atoms. The summed E-state index contributed by atoms with van der Waals surface area (Å²) >= 11 is 5.74. The van der Waals surface area contributed by atoms with Crippen LogP contribution in [0.3, 0.4) is 0 Å². The normalized spacial score (nSPS) is 18.1. The van der Waals surface area contributed by atoms with E-state index in [2.05, 4.69) is 19.8 Å². The Morgan fingerprint density at radius 2 is 1.94 bits per heavy atom. The molecule has 0 amide bonds. The van der Waals surface area contributed by atoms with Crippen molar-refractivity contribution in [2.24, 2.45) is 0 Å². The molecule has 0 spiro atoms. The zero-order valence-corrected chi connectivity index (χ0v) is 10.4. The minimum atomic E-state index is -0.396. The standard InChI is InChI=1S/C11H16ClFN4/c12-2-5-16-3-1-4-17(7-6-16)11-14-8-10(13)9-15-11/h8-9H,1-7H2. The van der Waals surface area contributed by atoms with Gasteiger partial charge in [-0.2, -0.15) is 0 Å². The average Bonchev–Trinajstić information content (AvgIpc) is 2.56. The number of alkyl halides is 1. The summed E-state index contributed by atoms with van der Waals surface area (Å²) in [4.78, 5) is 12.4. The lowest BCUT2D eigenvalue weighted by Gasteiger charge is -2.21. The lowest BCUT2D eigenvalue weighted by atomic mass is 10.4. The van der Waals surface area contributed by atoms with Crippen LogP contribution in [0.2, 0.25) is 0 Å². The van der Waals surface area contributed by atoms with Crippen LogP contribution < -0.4 is 4.90 Å². The van der Waals surface area contributed by atoms with Crippen LogP contribution in [-0.4, -0.2) is 53.5 Å². The van der Waals surface area contributed by atoms with Crippen molar-refractivity contribution in [2.75, 3.05) is 43.5 Å². The van der Waals surface area contributed by atoms with Gasteiger partial charge in [0.15, 0.2) is 5.82 Å². The molecule has 1 aromatic rings. The summed E-state index contributed by atoms with van der Waals surface area (Å²) in [5.41, 5.74) is 0. The SMILES string of the molecule is Fc1cnc(N2CCCN(CCCl)CC2)nc1. The van der Waals surface area contributed by atoms with E-state index < -0.39 is 5.82 Å². The summed E-state index contributed by atoms with van der Waals surface area (Å²) < 4.78 is 12.7. The zero-order chi connectivity index (χ0) is 12.1. The summed E-state index contributed by atoms with van der Waals surface area (Å²) in [6, 6.07) is 0. The molecule has 17 heavy (non-hydrogen) atoms. The van der Waals surface area contributed by atoms with E-state index in [1.165, 1.54) is 12.4 Å². The van der Waals surface area contributed by atoms with Crippen LogP contribution in [0.5, 0.6) is 0 Å². The minimum Gasteiger partial charge on any atom is -0.339 e. The molecule has 0 aliphatic carbocycles. The topological polar surface area (TPSA) is 32.3 Å². The summed E-state index contributed by atoms with van der Waals surface area (Å²) in [5.74, 6) is 0.874. The smallest absolute Gasteiger partial charge is 0.225 e. The number of rotatable bonds is 3. The molecule has 0 radical (unpaired) electrons. The highest BCUT2D eigenvalue weighted by Crippen LogP contribution is 2.10. The molecule has 2 heterocycles. The van der Waals surface area contributed by atoms with Gasteiger partial charge in [0.05, 0.1) is 12.4 Å². The van der Waals surface area contributed by atoms with Crippen molar-refractivity contribution in [1.29, 1.82) is 0 Å². The fourth-order valence-electron chi connectivity index (χ4n) is 1.98. The quantitative estimate of drug-likeness (QED) is 0.767. The maximum atomic E-state index is 12.7. The van der Waals surface area contributed by atoms with E-state index in [0.29, 0.717) is 11.8 Å². The van der Waals surface area contributed by atoms with Crippen LogP contribution in [0.25, 0.3) is 0 Å². The molecule has 1 aromatic heterocycles. The Hall–Kier alpha value is -0.940. The number of hydrogen-bond donors (Lipinski definition) is 0. The fourth-order valence-corrected chi connectivity index (χ4v) is 2.22. The number of anilines is 1. The zero-order valence-electron chi connectivity index (χ0n) is 9.65. The molecular weight excluding hydrogens is 243 g/mol. The first kappa shape index (κ1) is 12.5. The Morgan fingerprint density at radius 3 is 2.65 bits per heavy atom. The third kappa shape index (κ3) is 3.51. The average molecular weight is 259 g/mol. The maximum absolute atomic E-state index is 12.7. The number of nitrogens with zero attached hydrogens (tertiary/aromatic N) is 4. The first-order chi connectivity index (χ1) is 8.29. The first-order valence-electron chi connectivity index (χ1n) is 5.80. The molecule has 0 aromatic carbocycles.